The Morgan fingerprint density at radius 2 is 2.32 bits per heavy atom. The molecule has 0 bridgehead atoms. The highest BCUT2D eigenvalue weighted by Crippen LogP contribution is 2.32. The second kappa shape index (κ2) is 5.58. The van der Waals surface area contributed by atoms with Gasteiger partial charge in [0.15, 0.2) is 5.82 Å². The van der Waals surface area contributed by atoms with Gasteiger partial charge in [-0.25, -0.2) is 0 Å². The van der Waals surface area contributed by atoms with Gasteiger partial charge in [0.25, 0.3) is 5.89 Å². The molecule has 0 aliphatic heterocycles. The summed E-state index contributed by atoms with van der Waals surface area (Å²) in [5.41, 5.74) is 5.36. The Labute approximate surface area is 120 Å². The van der Waals surface area contributed by atoms with Crippen LogP contribution in [-0.4, -0.2) is 22.9 Å². The van der Waals surface area contributed by atoms with Crippen LogP contribution in [0, 0.1) is 0 Å². The summed E-state index contributed by atoms with van der Waals surface area (Å²) in [6.07, 6.45) is 0.0981. The second-order valence-corrected chi connectivity index (χ2v) is 6.12. The van der Waals surface area contributed by atoms with Gasteiger partial charge in [0, 0.05) is 0 Å². The van der Waals surface area contributed by atoms with Crippen LogP contribution in [-0.2, 0) is 10.3 Å². The first-order valence-corrected chi connectivity index (χ1v) is 7.14. The minimum absolute atomic E-state index is 0.0981. The number of nitrogens with two attached hydrogens (primary N) is 1. The second-order valence-electron chi connectivity index (χ2n) is 4.80. The SMILES string of the molecule is CC(C)OCC(C)(N)c1noc(-c2sccc2Cl)n1. The van der Waals surface area contributed by atoms with E-state index in [1.807, 2.05) is 19.2 Å². The quantitative estimate of drug-likeness (QED) is 0.918. The van der Waals surface area contributed by atoms with Crippen molar-refractivity contribution in [3.63, 3.8) is 0 Å². The average Bonchev–Trinajstić information content (AvgIpc) is 2.94. The molecular weight excluding hydrogens is 286 g/mol. The fourth-order valence-electron chi connectivity index (χ4n) is 1.40. The summed E-state index contributed by atoms with van der Waals surface area (Å²) in [6, 6.07) is 1.79. The summed E-state index contributed by atoms with van der Waals surface area (Å²) >= 11 is 7.47. The van der Waals surface area contributed by atoms with E-state index in [4.69, 9.17) is 26.6 Å². The minimum Gasteiger partial charge on any atom is -0.376 e. The molecule has 0 aliphatic carbocycles. The molecule has 0 aliphatic rings. The number of hydrogen-bond donors (Lipinski definition) is 1. The highest BCUT2D eigenvalue weighted by molar-refractivity contribution is 7.14. The van der Waals surface area contributed by atoms with Crippen LogP contribution in [0.15, 0.2) is 16.0 Å². The van der Waals surface area contributed by atoms with Crippen molar-refractivity contribution in [3.8, 4) is 10.8 Å². The molecule has 5 nitrogen and oxygen atoms in total. The van der Waals surface area contributed by atoms with E-state index in [9.17, 15) is 0 Å². The topological polar surface area (TPSA) is 74.2 Å². The molecule has 0 fully saturated rings. The van der Waals surface area contributed by atoms with Crippen LogP contribution >= 0.6 is 22.9 Å². The molecule has 0 aromatic carbocycles. The van der Waals surface area contributed by atoms with Crippen LogP contribution < -0.4 is 5.73 Å². The van der Waals surface area contributed by atoms with E-state index in [1.165, 1.54) is 11.3 Å². The van der Waals surface area contributed by atoms with E-state index in [1.54, 1.807) is 13.0 Å². The number of halogens is 1. The van der Waals surface area contributed by atoms with Gasteiger partial charge in [0.1, 0.15) is 10.4 Å². The zero-order valence-electron chi connectivity index (χ0n) is 11.0. The number of thiophene rings is 1. The lowest BCUT2D eigenvalue weighted by atomic mass is 10.1. The molecule has 19 heavy (non-hydrogen) atoms. The van der Waals surface area contributed by atoms with Gasteiger partial charge in [0.05, 0.1) is 17.7 Å². The summed E-state index contributed by atoms with van der Waals surface area (Å²) in [5, 5.41) is 6.38. The summed E-state index contributed by atoms with van der Waals surface area (Å²) < 4.78 is 10.7. The predicted octanol–water partition coefficient (Wildman–Crippen LogP) is 3.05. The Morgan fingerprint density at radius 3 is 2.89 bits per heavy atom. The van der Waals surface area contributed by atoms with Gasteiger partial charge >= 0.3 is 0 Å². The monoisotopic (exact) mass is 301 g/mol. The van der Waals surface area contributed by atoms with Crippen LogP contribution in [0.1, 0.15) is 26.6 Å². The molecule has 7 heteroatoms. The van der Waals surface area contributed by atoms with Crippen molar-refractivity contribution < 1.29 is 9.26 Å². The highest BCUT2D eigenvalue weighted by Gasteiger charge is 2.29. The summed E-state index contributed by atoms with van der Waals surface area (Å²) in [5.74, 6) is 0.795. The van der Waals surface area contributed by atoms with Crippen LogP contribution in [0.25, 0.3) is 10.8 Å². The number of hydrogen-bond acceptors (Lipinski definition) is 6. The number of ether oxygens (including phenoxy) is 1. The van der Waals surface area contributed by atoms with E-state index in [-0.39, 0.29) is 6.10 Å². The molecule has 1 atom stereocenters. The van der Waals surface area contributed by atoms with E-state index in [2.05, 4.69) is 10.1 Å². The molecule has 2 heterocycles. The Morgan fingerprint density at radius 1 is 1.58 bits per heavy atom. The Kier molecular flexibility index (Phi) is 4.25. The van der Waals surface area contributed by atoms with Crippen molar-refractivity contribution in [2.75, 3.05) is 6.61 Å². The molecule has 2 N–H and O–H groups in total. The number of rotatable bonds is 5. The maximum Gasteiger partial charge on any atom is 0.269 e. The molecule has 2 rings (SSSR count). The molecule has 0 radical (unpaired) electrons. The van der Waals surface area contributed by atoms with Gasteiger partial charge in [-0.2, -0.15) is 4.98 Å². The first kappa shape index (κ1) is 14.5. The van der Waals surface area contributed by atoms with Crippen LogP contribution in [0.5, 0.6) is 0 Å². The Hall–Kier alpha value is -0.950. The van der Waals surface area contributed by atoms with Gasteiger partial charge < -0.3 is 15.0 Å². The molecule has 0 amide bonds. The molecule has 1 unspecified atom stereocenters. The lowest BCUT2D eigenvalue weighted by Gasteiger charge is -2.21. The molecule has 0 saturated carbocycles. The average molecular weight is 302 g/mol. The predicted molar refractivity (Wildman–Crippen MR) is 75.2 cm³/mol. The fourth-order valence-corrected chi connectivity index (χ4v) is 2.46. The zero-order valence-corrected chi connectivity index (χ0v) is 12.6. The van der Waals surface area contributed by atoms with Crippen molar-refractivity contribution in [1.82, 2.24) is 10.1 Å². The number of aromatic nitrogens is 2. The standard InChI is InChI=1S/C12H16ClN3O2S/c1-7(2)17-6-12(3,14)11-15-10(18-16-11)9-8(13)4-5-19-9/h4-5,7H,6,14H2,1-3H3. The van der Waals surface area contributed by atoms with Crippen LogP contribution in [0.3, 0.4) is 0 Å². The minimum atomic E-state index is -0.796. The Balaban J connectivity index is 2.19. The van der Waals surface area contributed by atoms with Crippen LogP contribution in [0.2, 0.25) is 5.02 Å². The van der Waals surface area contributed by atoms with Gasteiger partial charge in [-0.05, 0) is 32.2 Å². The van der Waals surface area contributed by atoms with Crippen molar-refractivity contribution >= 4 is 22.9 Å². The summed E-state index contributed by atoms with van der Waals surface area (Å²) in [4.78, 5) is 5.06. The highest BCUT2D eigenvalue weighted by atomic mass is 35.5. The smallest absolute Gasteiger partial charge is 0.269 e. The molecule has 2 aromatic rings. The normalized spacial score (nSPS) is 14.8. The molecule has 0 spiro atoms. The van der Waals surface area contributed by atoms with Crippen molar-refractivity contribution in [3.05, 3.63) is 22.3 Å². The van der Waals surface area contributed by atoms with Gasteiger partial charge in [-0.15, -0.1) is 11.3 Å². The van der Waals surface area contributed by atoms with E-state index in [0.29, 0.717) is 23.3 Å². The number of nitrogens with zero attached hydrogens (tertiary/aromatic N) is 2. The van der Waals surface area contributed by atoms with Crippen molar-refractivity contribution in [1.29, 1.82) is 0 Å². The molecule has 0 saturated heterocycles. The van der Waals surface area contributed by atoms with Gasteiger partial charge in [-0.3, -0.25) is 0 Å². The van der Waals surface area contributed by atoms with Gasteiger partial charge in [-0.1, -0.05) is 16.8 Å². The third kappa shape index (κ3) is 3.33. The molecular formula is C12H16ClN3O2S. The lowest BCUT2D eigenvalue weighted by molar-refractivity contribution is 0.0410. The third-order valence-corrected chi connectivity index (χ3v) is 3.79. The first-order valence-electron chi connectivity index (χ1n) is 5.88. The molecule has 2 aromatic heterocycles. The van der Waals surface area contributed by atoms with Crippen molar-refractivity contribution in [2.45, 2.75) is 32.4 Å². The first-order chi connectivity index (χ1) is 8.90. The molecule has 104 valence electrons. The maximum absolute atomic E-state index is 6.15. The van der Waals surface area contributed by atoms with Crippen LogP contribution in [0.4, 0.5) is 0 Å². The summed E-state index contributed by atoms with van der Waals surface area (Å²) in [6.45, 7) is 6.02. The maximum atomic E-state index is 6.15. The Bertz CT molecular complexity index is 551. The van der Waals surface area contributed by atoms with E-state index in [0.717, 1.165) is 4.88 Å². The fraction of sp³-hybridized carbons (Fsp3) is 0.500. The van der Waals surface area contributed by atoms with Crippen molar-refractivity contribution in [2.24, 2.45) is 5.73 Å². The summed E-state index contributed by atoms with van der Waals surface area (Å²) in [7, 11) is 0. The zero-order chi connectivity index (χ0) is 14.0. The van der Waals surface area contributed by atoms with E-state index < -0.39 is 5.54 Å². The van der Waals surface area contributed by atoms with E-state index >= 15 is 0 Å². The lowest BCUT2D eigenvalue weighted by Crippen LogP contribution is -2.40. The van der Waals surface area contributed by atoms with Gasteiger partial charge in [0.2, 0.25) is 0 Å². The third-order valence-electron chi connectivity index (χ3n) is 2.46. The largest absolute Gasteiger partial charge is 0.376 e.